The molecule has 2 aliphatic rings. The Balaban J connectivity index is 1.56. The average molecular weight is 482 g/mol. The van der Waals surface area contributed by atoms with Gasteiger partial charge >= 0.3 is 6.18 Å². The molecule has 0 saturated heterocycles. The van der Waals surface area contributed by atoms with Crippen molar-refractivity contribution in [3.8, 4) is 0 Å². The molecule has 3 heterocycles. The van der Waals surface area contributed by atoms with Crippen molar-refractivity contribution in [2.75, 3.05) is 12.8 Å². The highest BCUT2D eigenvalue weighted by Gasteiger charge is 2.52. The van der Waals surface area contributed by atoms with Crippen LogP contribution < -0.4 is 5.73 Å². The number of anilines is 1. The molecule has 0 radical (unpaired) electrons. The zero-order valence-electron chi connectivity index (χ0n) is 17.5. The van der Waals surface area contributed by atoms with Gasteiger partial charge in [-0.1, -0.05) is 6.07 Å². The highest BCUT2D eigenvalue weighted by Crippen LogP contribution is 2.47. The van der Waals surface area contributed by atoms with Crippen LogP contribution >= 0.6 is 0 Å². The van der Waals surface area contributed by atoms with Crippen molar-refractivity contribution in [2.45, 2.75) is 37.8 Å². The maximum Gasteiger partial charge on any atom is 0.433 e. The predicted octanol–water partition coefficient (Wildman–Crippen LogP) is 4.40. The van der Waals surface area contributed by atoms with Gasteiger partial charge < -0.3 is 15.4 Å². The first-order valence-electron chi connectivity index (χ1n) is 10.1. The lowest BCUT2D eigenvalue weighted by molar-refractivity contribution is -0.141. The van der Waals surface area contributed by atoms with Crippen molar-refractivity contribution in [1.82, 2.24) is 14.9 Å². The van der Waals surface area contributed by atoms with Gasteiger partial charge in [-0.2, -0.15) is 13.2 Å². The van der Waals surface area contributed by atoms with E-state index in [9.17, 15) is 31.1 Å². The Labute approximate surface area is 188 Å². The number of hydrogen-bond donors (Lipinski definition) is 1. The molecule has 2 N–H and O–H groups in total. The summed E-state index contributed by atoms with van der Waals surface area (Å²) in [5.41, 5.74) is 4.82. The van der Waals surface area contributed by atoms with Gasteiger partial charge in [-0.05, 0) is 17.7 Å². The van der Waals surface area contributed by atoms with E-state index in [2.05, 4.69) is 9.97 Å². The van der Waals surface area contributed by atoms with Gasteiger partial charge in [0.1, 0.15) is 23.4 Å². The number of carbonyl (C=O) groups excluding carboxylic acids is 1. The van der Waals surface area contributed by atoms with Crippen LogP contribution in [0.4, 0.5) is 32.2 Å². The molecule has 0 fully saturated rings. The highest BCUT2D eigenvalue weighted by atomic mass is 19.4. The summed E-state index contributed by atoms with van der Waals surface area (Å²) in [6.07, 6.45) is -5.89. The minimum Gasteiger partial charge on any atom is -0.383 e. The predicted molar refractivity (Wildman–Crippen MR) is 107 cm³/mol. The highest BCUT2D eigenvalue weighted by molar-refractivity contribution is 5.99. The summed E-state index contributed by atoms with van der Waals surface area (Å²) >= 11 is 0. The molecule has 6 nitrogen and oxygen atoms in total. The summed E-state index contributed by atoms with van der Waals surface area (Å²) < 4.78 is 88.9. The minimum atomic E-state index is -4.81. The normalized spacial score (nSPS) is 18.7. The van der Waals surface area contributed by atoms with E-state index in [1.54, 1.807) is 0 Å². The number of alkyl halides is 5. The van der Waals surface area contributed by atoms with E-state index in [1.165, 1.54) is 6.07 Å². The number of nitrogens with two attached hydrogens (primary N) is 1. The smallest absolute Gasteiger partial charge is 0.383 e. The van der Waals surface area contributed by atoms with Crippen LogP contribution in [0.2, 0.25) is 0 Å². The largest absolute Gasteiger partial charge is 0.433 e. The van der Waals surface area contributed by atoms with Gasteiger partial charge in [0.05, 0.1) is 36.4 Å². The Morgan fingerprint density at radius 1 is 1.18 bits per heavy atom. The molecule has 0 unspecified atom stereocenters. The second-order valence-electron chi connectivity index (χ2n) is 8.28. The minimum absolute atomic E-state index is 0.162. The van der Waals surface area contributed by atoms with Crippen molar-refractivity contribution in [3.05, 3.63) is 63.7 Å². The summed E-state index contributed by atoms with van der Waals surface area (Å²) in [6, 6.07) is 1.75. The molecule has 0 spiro atoms. The third kappa shape index (κ3) is 3.35. The van der Waals surface area contributed by atoms with Gasteiger partial charge in [0.15, 0.2) is 0 Å². The first-order chi connectivity index (χ1) is 15.9. The van der Waals surface area contributed by atoms with Crippen LogP contribution in [0.5, 0.6) is 0 Å². The molecular formula is C22H16F6N4O2. The van der Waals surface area contributed by atoms with E-state index in [0.29, 0.717) is 27.5 Å². The zero-order chi connectivity index (χ0) is 24.6. The number of carbonyl (C=O) groups is 1. The van der Waals surface area contributed by atoms with E-state index < -0.39 is 53.2 Å². The lowest BCUT2D eigenvalue weighted by Gasteiger charge is -2.30. The number of halogens is 6. The quantitative estimate of drug-likeness (QED) is 0.548. The molecule has 3 aromatic rings. The van der Waals surface area contributed by atoms with Gasteiger partial charge in [0.2, 0.25) is 0 Å². The molecule has 34 heavy (non-hydrogen) atoms. The molecule has 1 aliphatic heterocycles. The number of aromatic nitrogens is 2. The number of nitrogen functional groups attached to an aromatic ring is 1. The Morgan fingerprint density at radius 2 is 1.88 bits per heavy atom. The topological polar surface area (TPSA) is 81.3 Å². The SMILES string of the molecule is CN(C(=O)c1cc2c3c(c(N)nc2cc1F)COC3)[C@H]1c2ccc(C(F)(F)F)nc2CC1(F)F. The van der Waals surface area contributed by atoms with Gasteiger partial charge in [0, 0.05) is 29.6 Å². The van der Waals surface area contributed by atoms with Crippen LogP contribution in [0.15, 0.2) is 24.3 Å². The molecule has 1 amide bonds. The van der Waals surface area contributed by atoms with Crippen LogP contribution in [0.1, 0.15) is 44.5 Å². The van der Waals surface area contributed by atoms with E-state index in [0.717, 1.165) is 19.2 Å². The Bertz CT molecular complexity index is 1360. The number of nitrogens with zero attached hydrogens (tertiary/aromatic N) is 3. The van der Waals surface area contributed by atoms with Crippen LogP contribution in [0.25, 0.3) is 10.9 Å². The number of amides is 1. The number of fused-ring (bicyclic) bond motifs is 4. The standard InChI is InChI=1S/C22H16F6N4O2/c1-32(18-9-2-3-17(22(26,27)28)30-16(9)6-21(18,24)25)20(33)11-4-10-12-7-34-8-13(12)19(29)31-15(10)5-14(11)23/h2-5,18H,6-8H2,1H3,(H2,29,31)/t18-/m0/s1. The Kier molecular flexibility index (Phi) is 4.80. The molecule has 1 aromatic carbocycles. The van der Waals surface area contributed by atoms with Crippen LogP contribution in [-0.4, -0.2) is 33.7 Å². The first kappa shape index (κ1) is 22.4. The summed E-state index contributed by atoms with van der Waals surface area (Å²) in [5.74, 6) is -5.51. The maximum atomic E-state index is 14.9. The first-order valence-corrected chi connectivity index (χ1v) is 10.1. The van der Waals surface area contributed by atoms with Crippen LogP contribution in [0, 0.1) is 5.82 Å². The van der Waals surface area contributed by atoms with Crippen LogP contribution in [0.3, 0.4) is 0 Å². The lowest BCUT2D eigenvalue weighted by atomic mass is 10.0. The van der Waals surface area contributed by atoms with Crippen molar-refractivity contribution in [3.63, 3.8) is 0 Å². The molecule has 1 aliphatic carbocycles. The van der Waals surface area contributed by atoms with E-state index in [4.69, 9.17) is 10.5 Å². The van der Waals surface area contributed by atoms with E-state index in [-0.39, 0.29) is 30.1 Å². The van der Waals surface area contributed by atoms with Crippen molar-refractivity contribution >= 4 is 22.6 Å². The summed E-state index contributed by atoms with van der Waals surface area (Å²) in [4.78, 5) is 21.3. The molecule has 5 rings (SSSR count). The third-order valence-electron chi connectivity index (χ3n) is 6.15. The third-order valence-corrected chi connectivity index (χ3v) is 6.15. The van der Waals surface area contributed by atoms with Crippen molar-refractivity contribution < 1.29 is 35.9 Å². The zero-order valence-corrected chi connectivity index (χ0v) is 17.5. The summed E-state index contributed by atoms with van der Waals surface area (Å²) in [7, 11) is 1.05. The second-order valence-corrected chi connectivity index (χ2v) is 8.28. The van der Waals surface area contributed by atoms with Gasteiger partial charge in [-0.15, -0.1) is 0 Å². The number of ether oxygens (including phenoxy) is 1. The molecule has 1 atom stereocenters. The van der Waals surface area contributed by atoms with Gasteiger partial charge in [0.25, 0.3) is 11.8 Å². The molecule has 0 bridgehead atoms. The fourth-order valence-corrected chi connectivity index (χ4v) is 4.56. The average Bonchev–Trinajstić information content (AvgIpc) is 3.33. The van der Waals surface area contributed by atoms with Gasteiger partial charge in [-0.3, -0.25) is 4.79 Å². The Morgan fingerprint density at radius 3 is 2.59 bits per heavy atom. The van der Waals surface area contributed by atoms with Crippen LogP contribution in [-0.2, 0) is 30.5 Å². The molecule has 2 aromatic heterocycles. The number of rotatable bonds is 2. The summed E-state index contributed by atoms with van der Waals surface area (Å²) in [5, 5.41) is 0.398. The fraction of sp³-hybridized carbons (Fsp3) is 0.318. The Hall–Kier alpha value is -3.41. The molecular weight excluding hydrogens is 466 g/mol. The number of pyridine rings is 2. The molecule has 0 saturated carbocycles. The fourth-order valence-electron chi connectivity index (χ4n) is 4.56. The van der Waals surface area contributed by atoms with E-state index >= 15 is 0 Å². The lowest BCUT2D eigenvalue weighted by Crippen LogP contribution is -2.40. The number of benzene rings is 1. The number of hydrogen-bond acceptors (Lipinski definition) is 5. The van der Waals surface area contributed by atoms with Crippen molar-refractivity contribution in [2.24, 2.45) is 0 Å². The molecule has 178 valence electrons. The maximum absolute atomic E-state index is 14.9. The monoisotopic (exact) mass is 482 g/mol. The van der Waals surface area contributed by atoms with Gasteiger partial charge in [-0.25, -0.2) is 23.1 Å². The van der Waals surface area contributed by atoms with Crippen molar-refractivity contribution in [1.29, 1.82) is 0 Å². The second kappa shape index (κ2) is 7.29. The molecule has 12 heteroatoms. The van der Waals surface area contributed by atoms with E-state index in [1.807, 2.05) is 0 Å². The summed E-state index contributed by atoms with van der Waals surface area (Å²) in [6.45, 7) is 0.359.